The molecule has 1 N–H and O–H groups in total. The number of nitrogens with zero attached hydrogens (tertiary/aromatic N) is 3. The van der Waals surface area contributed by atoms with Crippen LogP contribution in [0.5, 0.6) is 0 Å². The standard InChI is InChI=1S/C23H22N4O2S2/c1-3-11-27-22(29)18-9-4-5-10-19(18)26-23(27)31-14-21(28)25-17-8-6-7-16(12-17)20-13-30-15(2)24-20/h4-10,12-13H,3,11,14H2,1-2H3,(H,25,28). The highest BCUT2D eigenvalue weighted by atomic mass is 32.2. The number of thiazole rings is 1. The van der Waals surface area contributed by atoms with Crippen molar-refractivity contribution in [2.75, 3.05) is 11.1 Å². The van der Waals surface area contributed by atoms with Gasteiger partial charge in [-0.25, -0.2) is 9.97 Å². The van der Waals surface area contributed by atoms with Crippen LogP contribution in [-0.2, 0) is 11.3 Å². The Morgan fingerprint density at radius 3 is 2.77 bits per heavy atom. The lowest BCUT2D eigenvalue weighted by Gasteiger charge is -2.12. The average molecular weight is 451 g/mol. The van der Waals surface area contributed by atoms with Crippen LogP contribution in [0.3, 0.4) is 0 Å². The van der Waals surface area contributed by atoms with Crippen LogP contribution < -0.4 is 10.9 Å². The monoisotopic (exact) mass is 450 g/mol. The summed E-state index contributed by atoms with van der Waals surface area (Å²) >= 11 is 2.87. The van der Waals surface area contributed by atoms with E-state index in [1.807, 2.05) is 61.7 Å². The second-order valence-electron chi connectivity index (χ2n) is 7.04. The number of aromatic nitrogens is 3. The Hall–Kier alpha value is -2.97. The maximum Gasteiger partial charge on any atom is 0.262 e. The molecule has 0 fully saturated rings. The second kappa shape index (κ2) is 9.45. The molecule has 2 aromatic heterocycles. The minimum Gasteiger partial charge on any atom is -0.325 e. The summed E-state index contributed by atoms with van der Waals surface area (Å²) in [4.78, 5) is 34.6. The van der Waals surface area contributed by atoms with Gasteiger partial charge in [-0.15, -0.1) is 11.3 Å². The van der Waals surface area contributed by atoms with Gasteiger partial charge in [-0.2, -0.15) is 0 Å². The maximum atomic E-state index is 12.9. The van der Waals surface area contributed by atoms with E-state index in [0.29, 0.717) is 28.3 Å². The van der Waals surface area contributed by atoms with E-state index in [1.165, 1.54) is 11.8 Å². The molecule has 0 bridgehead atoms. The fraction of sp³-hybridized carbons (Fsp3) is 0.217. The minimum atomic E-state index is -0.151. The van der Waals surface area contributed by atoms with Crippen molar-refractivity contribution in [1.29, 1.82) is 0 Å². The molecule has 0 unspecified atom stereocenters. The number of para-hydroxylation sites is 1. The second-order valence-corrected chi connectivity index (χ2v) is 9.04. The number of fused-ring (bicyclic) bond motifs is 1. The normalized spacial score (nSPS) is 11.0. The maximum absolute atomic E-state index is 12.9. The summed E-state index contributed by atoms with van der Waals surface area (Å²) in [6.45, 7) is 4.55. The number of rotatable bonds is 7. The van der Waals surface area contributed by atoms with Gasteiger partial charge in [0.2, 0.25) is 5.91 Å². The van der Waals surface area contributed by atoms with E-state index in [1.54, 1.807) is 22.0 Å². The number of aryl methyl sites for hydroxylation is 1. The molecule has 0 saturated carbocycles. The first-order valence-corrected chi connectivity index (χ1v) is 11.9. The predicted octanol–water partition coefficient (Wildman–Crippen LogP) is 4.97. The Balaban J connectivity index is 1.50. The minimum absolute atomic E-state index is 0.0679. The Morgan fingerprint density at radius 2 is 2.00 bits per heavy atom. The van der Waals surface area contributed by atoms with Crippen LogP contribution in [0.2, 0.25) is 0 Å². The van der Waals surface area contributed by atoms with E-state index >= 15 is 0 Å². The Morgan fingerprint density at radius 1 is 1.16 bits per heavy atom. The molecular weight excluding hydrogens is 428 g/mol. The summed E-state index contributed by atoms with van der Waals surface area (Å²) in [6.07, 6.45) is 0.808. The fourth-order valence-electron chi connectivity index (χ4n) is 3.26. The van der Waals surface area contributed by atoms with Gasteiger partial charge in [-0.1, -0.05) is 43.0 Å². The molecule has 4 rings (SSSR count). The summed E-state index contributed by atoms with van der Waals surface area (Å²) in [5.74, 6) is 0.0104. The molecule has 0 spiro atoms. The number of anilines is 1. The lowest BCUT2D eigenvalue weighted by atomic mass is 10.1. The van der Waals surface area contributed by atoms with Gasteiger partial charge in [0.1, 0.15) is 0 Å². The first-order chi connectivity index (χ1) is 15.0. The van der Waals surface area contributed by atoms with E-state index < -0.39 is 0 Å². The van der Waals surface area contributed by atoms with Crippen LogP contribution in [0.15, 0.2) is 63.9 Å². The molecule has 158 valence electrons. The van der Waals surface area contributed by atoms with Gasteiger partial charge in [0.25, 0.3) is 5.56 Å². The quantitative estimate of drug-likeness (QED) is 0.318. The molecule has 6 nitrogen and oxygen atoms in total. The zero-order valence-electron chi connectivity index (χ0n) is 17.3. The molecule has 1 amide bonds. The zero-order chi connectivity index (χ0) is 21.8. The number of hydrogen-bond donors (Lipinski definition) is 1. The van der Waals surface area contributed by atoms with E-state index in [9.17, 15) is 9.59 Å². The summed E-state index contributed by atoms with van der Waals surface area (Å²) in [6, 6.07) is 14.9. The van der Waals surface area contributed by atoms with Crippen molar-refractivity contribution < 1.29 is 4.79 Å². The van der Waals surface area contributed by atoms with Gasteiger partial charge in [0.05, 0.1) is 27.4 Å². The van der Waals surface area contributed by atoms with Crippen LogP contribution >= 0.6 is 23.1 Å². The zero-order valence-corrected chi connectivity index (χ0v) is 18.9. The SMILES string of the molecule is CCCn1c(SCC(=O)Nc2cccc(-c3csc(C)n3)c2)nc2ccccc2c1=O. The van der Waals surface area contributed by atoms with Crippen LogP contribution in [0.1, 0.15) is 18.4 Å². The predicted molar refractivity (Wildman–Crippen MR) is 128 cm³/mol. The number of carbonyl (C=O) groups is 1. The highest BCUT2D eigenvalue weighted by Gasteiger charge is 2.13. The summed E-state index contributed by atoms with van der Waals surface area (Å²) in [5.41, 5.74) is 3.15. The average Bonchev–Trinajstić information content (AvgIpc) is 3.21. The number of thioether (sulfide) groups is 1. The van der Waals surface area contributed by atoms with Crippen molar-refractivity contribution >= 4 is 45.6 Å². The lowest BCUT2D eigenvalue weighted by molar-refractivity contribution is -0.113. The molecule has 0 aliphatic rings. The van der Waals surface area contributed by atoms with Gasteiger partial charge in [-0.05, 0) is 37.6 Å². The first kappa shape index (κ1) is 21.3. The number of nitrogens with one attached hydrogen (secondary N) is 1. The Kier molecular flexibility index (Phi) is 6.48. The molecular formula is C23H22N4O2S2. The number of amides is 1. The van der Waals surface area contributed by atoms with Crippen LogP contribution in [0.4, 0.5) is 5.69 Å². The third-order valence-corrected chi connectivity index (χ3v) is 6.42. The Bertz CT molecular complexity index is 1300. The lowest BCUT2D eigenvalue weighted by Crippen LogP contribution is -2.24. The number of carbonyl (C=O) groups excluding carboxylic acids is 1. The van der Waals surface area contributed by atoms with E-state index in [2.05, 4.69) is 15.3 Å². The van der Waals surface area contributed by atoms with Gasteiger partial charge in [0, 0.05) is 23.2 Å². The van der Waals surface area contributed by atoms with Crippen molar-refractivity contribution in [3.63, 3.8) is 0 Å². The van der Waals surface area contributed by atoms with E-state index in [-0.39, 0.29) is 17.2 Å². The Labute approximate surface area is 188 Å². The van der Waals surface area contributed by atoms with Crippen LogP contribution in [-0.4, -0.2) is 26.2 Å². The largest absolute Gasteiger partial charge is 0.325 e. The van der Waals surface area contributed by atoms with Crippen molar-refractivity contribution in [3.8, 4) is 11.3 Å². The molecule has 0 radical (unpaired) electrons. The van der Waals surface area contributed by atoms with Crippen molar-refractivity contribution in [1.82, 2.24) is 14.5 Å². The first-order valence-electron chi connectivity index (χ1n) is 10.00. The van der Waals surface area contributed by atoms with Gasteiger partial charge in [-0.3, -0.25) is 14.2 Å². The van der Waals surface area contributed by atoms with Crippen LogP contribution in [0.25, 0.3) is 22.2 Å². The third kappa shape index (κ3) is 4.86. The summed E-state index contributed by atoms with van der Waals surface area (Å²) < 4.78 is 1.66. The van der Waals surface area contributed by atoms with Crippen LogP contribution in [0, 0.1) is 6.92 Å². The van der Waals surface area contributed by atoms with Gasteiger partial charge >= 0.3 is 0 Å². The number of benzene rings is 2. The molecule has 31 heavy (non-hydrogen) atoms. The topological polar surface area (TPSA) is 76.9 Å². The van der Waals surface area contributed by atoms with E-state index in [0.717, 1.165) is 22.7 Å². The fourth-order valence-corrected chi connectivity index (χ4v) is 4.71. The molecule has 0 aliphatic heterocycles. The van der Waals surface area contributed by atoms with Crippen molar-refractivity contribution in [3.05, 3.63) is 69.3 Å². The molecule has 0 saturated heterocycles. The smallest absolute Gasteiger partial charge is 0.262 e. The molecule has 8 heteroatoms. The van der Waals surface area contributed by atoms with Crippen molar-refractivity contribution in [2.24, 2.45) is 0 Å². The molecule has 2 heterocycles. The van der Waals surface area contributed by atoms with Gasteiger partial charge in [0.15, 0.2) is 5.16 Å². The summed E-state index contributed by atoms with van der Waals surface area (Å²) in [7, 11) is 0. The molecule has 2 aromatic carbocycles. The highest BCUT2D eigenvalue weighted by molar-refractivity contribution is 7.99. The molecule has 0 aliphatic carbocycles. The van der Waals surface area contributed by atoms with Gasteiger partial charge < -0.3 is 5.32 Å². The van der Waals surface area contributed by atoms with E-state index in [4.69, 9.17) is 0 Å². The number of hydrogen-bond acceptors (Lipinski definition) is 6. The van der Waals surface area contributed by atoms with Crippen molar-refractivity contribution in [2.45, 2.75) is 32.0 Å². The molecule has 4 aromatic rings. The highest BCUT2D eigenvalue weighted by Crippen LogP contribution is 2.24. The molecule has 0 atom stereocenters. The third-order valence-electron chi connectivity index (χ3n) is 4.67. The summed E-state index contributed by atoms with van der Waals surface area (Å²) in [5, 5.41) is 7.10.